The number of nitrogens with zero attached hydrogens (tertiary/aromatic N) is 3. The van der Waals surface area contributed by atoms with Crippen molar-refractivity contribution in [2.45, 2.75) is 6.04 Å². The van der Waals surface area contributed by atoms with Crippen molar-refractivity contribution in [2.75, 3.05) is 0 Å². The number of hydrogen-bond donors (Lipinski definition) is 0. The summed E-state index contributed by atoms with van der Waals surface area (Å²) in [5, 5.41) is 32.7. The summed E-state index contributed by atoms with van der Waals surface area (Å²) in [4.78, 5) is 30.1. The molecule has 0 N–H and O–H groups in total. The molecule has 1 aromatic carbocycles. The summed E-state index contributed by atoms with van der Waals surface area (Å²) in [7, 11) is 0. The Bertz CT molecular complexity index is 624. The van der Waals surface area contributed by atoms with E-state index >= 15 is 0 Å². The Morgan fingerprint density at radius 3 is 2.21 bits per heavy atom. The van der Waals surface area contributed by atoms with Gasteiger partial charge in [-0.15, -0.1) is 0 Å². The average molecular weight is 264 g/mol. The van der Waals surface area contributed by atoms with Gasteiger partial charge >= 0.3 is 11.4 Å². The van der Waals surface area contributed by atoms with E-state index in [1.165, 1.54) is 18.6 Å². The maximum Gasteiger partial charge on any atom is 0.356 e. The van der Waals surface area contributed by atoms with E-state index in [0.717, 1.165) is 12.1 Å². The maximum absolute atomic E-state index is 11.0. The Hall–Kier alpha value is -2.84. The third kappa shape index (κ3) is 2.01. The quantitative estimate of drug-likeness (QED) is 0.605. The van der Waals surface area contributed by atoms with Gasteiger partial charge in [-0.05, 0) is 11.6 Å². The second-order valence-corrected chi connectivity index (χ2v) is 3.73. The first-order valence-electron chi connectivity index (χ1n) is 5.04. The smallest absolute Gasteiger partial charge is 0.264 e. The van der Waals surface area contributed by atoms with Crippen molar-refractivity contribution in [1.29, 1.82) is 0 Å². The first-order chi connectivity index (χ1) is 8.93. The Balaban J connectivity index is 2.78. The third-order valence-corrected chi connectivity index (χ3v) is 2.70. The molecule has 9 heteroatoms. The van der Waals surface area contributed by atoms with Crippen molar-refractivity contribution in [3.05, 3.63) is 72.2 Å². The molecule has 0 aromatic heterocycles. The van der Waals surface area contributed by atoms with Gasteiger partial charge in [-0.25, -0.2) is 0 Å². The van der Waals surface area contributed by atoms with Crippen LogP contribution in [0.2, 0.25) is 0 Å². The van der Waals surface area contributed by atoms with Crippen molar-refractivity contribution in [2.24, 2.45) is 0 Å². The summed E-state index contributed by atoms with van der Waals surface area (Å²) >= 11 is 0. The standard InChI is InChI=1S/C10H6N3O6/c14-11(15)7-3-1-2-6-4-5-8(12(16)17)10(9(6)7)13(18)19/h1-5,7H. The molecule has 9 nitrogen and oxygen atoms in total. The van der Waals surface area contributed by atoms with Crippen LogP contribution in [-0.2, 0) is 0 Å². The molecule has 2 rings (SSSR count). The lowest BCUT2D eigenvalue weighted by atomic mass is 9.91. The van der Waals surface area contributed by atoms with Gasteiger partial charge in [0, 0.05) is 17.4 Å². The minimum absolute atomic E-state index is 0.238. The van der Waals surface area contributed by atoms with Crippen LogP contribution >= 0.6 is 0 Å². The fourth-order valence-corrected chi connectivity index (χ4v) is 1.94. The van der Waals surface area contributed by atoms with E-state index in [1.54, 1.807) is 0 Å². The first kappa shape index (κ1) is 12.6. The van der Waals surface area contributed by atoms with Gasteiger partial charge in [0.05, 0.1) is 9.85 Å². The molecule has 0 saturated carbocycles. The number of allylic oxidation sites excluding steroid dienone is 1. The molecule has 1 aromatic rings. The minimum atomic E-state index is -1.46. The molecule has 1 radical (unpaired) electrons. The molecule has 0 heterocycles. The Labute approximate surface area is 105 Å². The average Bonchev–Trinajstić information content (AvgIpc) is 2.35. The summed E-state index contributed by atoms with van der Waals surface area (Å²) in [5.74, 6) is 0. The van der Waals surface area contributed by atoms with Crippen molar-refractivity contribution in [3.63, 3.8) is 0 Å². The van der Waals surface area contributed by atoms with E-state index in [-0.39, 0.29) is 11.1 Å². The van der Waals surface area contributed by atoms with Crippen molar-refractivity contribution in [1.82, 2.24) is 0 Å². The van der Waals surface area contributed by atoms with E-state index < -0.39 is 32.2 Å². The van der Waals surface area contributed by atoms with Gasteiger partial charge in [-0.3, -0.25) is 30.3 Å². The van der Waals surface area contributed by atoms with Gasteiger partial charge in [-0.2, -0.15) is 0 Å². The third-order valence-electron chi connectivity index (χ3n) is 2.70. The predicted octanol–water partition coefficient (Wildman–Crippen LogP) is 1.94. The highest BCUT2D eigenvalue weighted by atomic mass is 16.6. The van der Waals surface area contributed by atoms with E-state index in [4.69, 9.17) is 0 Å². The van der Waals surface area contributed by atoms with E-state index in [2.05, 4.69) is 0 Å². The van der Waals surface area contributed by atoms with Gasteiger partial charge in [0.2, 0.25) is 0 Å². The monoisotopic (exact) mass is 264 g/mol. The number of benzene rings is 1. The van der Waals surface area contributed by atoms with Crippen LogP contribution in [0.25, 0.3) is 0 Å². The molecule has 0 aliphatic heterocycles. The number of rotatable bonds is 3. The first-order valence-corrected chi connectivity index (χ1v) is 5.04. The summed E-state index contributed by atoms with van der Waals surface area (Å²) in [6.07, 6.45) is 3.98. The summed E-state index contributed by atoms with van der Waals surface area (Å²) in [5.41, 5.74) is -1.60. The fraction of sp³-hybridized carbons (Fsp3) is 0.100. The van der Waals surface area contributed by atoms with Gasteiger partial charge in [0.25, 0.3) is 6.04 Å². The molecule has 1 aliphatic rings. The second kappa shape index (κ2) is 4.44. The topological polar surface area (TPSA) is 129 Å². The summed E-state index contributed by atoms with van der Waals surface area (Å²) < 4.78 is 0. The van der Waals surface area contributed by atoms with Crippen molar-refractivity contribution in [3.8, 4) is 0 Å². The SMILES string of the molecule is O=[N+]([O-])c1ccc2c(c1[N+](=O)[O-])C([N+](=O)[O-])C=C[CH]2. The van der Waals surface area contributed by atoms with Crippen LogP contribution in [0.15, 0.2) is 24.3 Å². The predicted molar refractivity (Wildman–Crippen MR) is 62.0 cm³/mol. The Morgan fingerprint density at radius 2 is 1.68 bits per heavy atom. The van der Waals surface area contributed by atoms with Crippen LogP contribution in [0.1, 0.15) is 17.2 Å². The zero-order chi connectivity index (χ0) is 14.2. The number of nitro benzene ring substituents is 2. The lowest BCUT2D eigenvalue weighted by molar-refractivity contribution is -0.517. The molecule has 0 bridgehead atoms. The van der Waals surface area contributed by atoms with Gasteiger partial charge < -0.3 is 0 Å². The number of fused-ring (bicyclic) bond motifs is 1. The highest BCUT2D eigenvalue weighted by Crippen LogP contribution is 2.41. The van der Waals surface area contributed by atoms with Crippen LogP contribution in [0, 0.1) is 36.8 Å². The maximum atomic E-state index is 11.0. The van der Waals surface area contributed by atoms with Gasteiger partial charge in [-0.1, -0.05) is 12.1 Å². The van der Waals surface area contributed by atoms with Gasteiger partial charge in [0.15, 0.2) is 0 Å². The van der Waals surface area contributed by atoms with E-state index in [9.17, 15) is 30.3 Å². The van der Waals surface area contributed by atoms with Gasteiger partial charge in [0.1, 0.15) is 5.56 Å². The number of hydrogen-bond acceptors (Lipinski definition) is 6. The summed E-state index contributed by atoms with van der Waals surface area (Å²) in [6, 6.07) is 0.782. The number of nitro groups is 3. The molecule has 0 fully saturated rings. The van der Waals surface area contributed by atoms with Crippen LogP contribution in [0.4, 0.5) is 11.4 Å². The largest absolute Gasteiger partial charge is 0.356 e. The highest BCUT2D eigenvalue weighted by Gasteiger charge is 2.39. The van der Waals surface area contributed by atoms with E-state index in [1.807, 2.05) is 0 Å². The zero-order valence-electron chi connectivity index (χ0n) is 9.26. The molecular weight excluding hydrogens is 258 g/mol. The normalized spacial score (nSPS) is 16.7. The van der Waals surface area contributed by atoms with Crippen LogP contribution in [0.5, 0.6) is 0 Å². The Morgan fingerprint density at radius 1 is 1.00 bits per heavy atom. The molecule has 97 valence electrons. The molecule has 19 heavy (non-hydrogen) atoms. The molecular formula is C10H6N3O6. The van der Waals surface area contributed by atoms with Crippen LogP contribution in [0.3, 0.4) is 0 Å². The highest BCUT2D eigenvalue weighted by molar-refractivity contribution is 5.65. The molecule has 0 saturated heterocycles. The van der Waals surface area contributed by atoms with Crippen LogP contribution in [-0.4, -0.2) is 14.8 Å². The molecule has 1 aliphatic carbocycles. The fourth-order valence-electron chi connectivity index (χ4n) is 1.94. The van der Waals surface area contributed by atoms with E-state index in [0.29, 0.717) is 0 Å². The molecule has 0 amide bonds. The zero-order valence-corrected chi connectivity index (χ0v) is 9.26. The summed E-state index contributed by atoms with van der Waals surface area (Å²) in [6.45, 7) is 0. The molecule has 0 spiro atoms. The lowest BCUT2D eigenvalue weighted by Gasteiger charge is -2.14. The van der Waals surface area contributed by atoms with Crippen molar-refractivity contribution >= 4 is 11.4 Å². The molecule has 1 unspecified atom stereocenters. The van der Waals surface area contributed by atoms with Crippen molar-refractivity contribution < 1.29 is 14.8 Å². The Kier molecular flexibility index (Phi) is 2.95. The lowest BCUT2D eigenvalue weighted by Crippen LogP contribution is -2.16. The van der Waals surface area contributed by atoms with Crippen LogP contribution < -0.4 is 0 Å². The molecule has 1 atom stereocenters. The second-order valence-electron chi connectivity index (χ2n) is 3.73. The minimum Gasteiger partial charge on any atom is -0.264 e.